The molecule has 0 aromatic carbocycles. The van der Waals surface area contributed by atoms with E-state index in [1.807, 2.05) is 11.8 Å². The van der Waals surface area contributed by atoms with Crippen molar-refractivity contribution in [3.05, 3.63) is 0 Å². The molecular formula is C5H11NOS. The molecule has 2 nitrogen and oxygen atoms in total. The molecule has 0 aromatic heterocycles. The summed E-state index contributed by atoms with van der Waals surface area (Å²) in [5.41, 5.74) is 0. The molecule has 0 fully saturated rings. The highest BCUT2D eigenvalue weighted by atomic mass is 32.2. The summed E-state index contributed by atoms with van der Waals surface area (Å²) in [4.78, 5) is 0. The third kappa shape index (κ3) is 5.82. The first-order valence-corrected chi connectivity index (χ1v) is 3.81. The Balaban J connectivity index is 2.72. The highest BCUT2D eigenvalue weighted by molar-refractivity contribution is 7.99. The van der Waals surface area contributed by atoms with Crippen LogP contribution in [0.2, 0.25) is 0 Å². The Morgan fingerprint density at radius 3 is 3.00 bits per heavy atom. The smallest absolute Gasteiger partial charge is 0.0444 e. The molecule has 0 aliphatic heterocycles. The summed E-state index contributed by atoms with van der Waals surface area (Å²) in [5, 5.41) is 10.8. The first kappa shape index (κ1) is 7.82. The molecule has 0 aliphatic carbocycles. The van der Waals surface area contributed by atoms with E-state index in [9.17, 15) is 0 Å². The Hall–Kier alpha value is -0.180. The lowest BCUT2D eigenvalue weighted by molar-refractivity contribution is 0.320. The van der Waals surface area contributed by atoms with Crippen LogP contribution < -0.4 is 0 Å². The van der Waals surface area contributed by atoms with Gasteiger partial charge in [-0.05, 0) is 17.9 Å². The molecule has 0 aliphatic rings. The van der Waals surface area contributed by atoms with Gasteiger partial charge in [0.05, 0.1) is 0 Å². The van der Waals surface area contributed by atoms with Crippen LogP contribution in [0.25, 0.3) is 0 Å². The van der Waals surface area contributed by atoms with Crippen molar-refractivity contribution in [2.24, 2.45) is 5.16 Å². The molecule has 0 saturated carbocycles. The minimum absolute atomic E-state index is 0.870. The van der Waals surface area contributed by atoms with Crippen molar-refractivity contribution >= 4 is 18.0 Å². The highest BCUT2D eigenvalue weighted by Gasteiger charge is 1.79. The van der Waals surface area contributed by atoms with Crippen LogP contribution in [0.1, 0.15) is 13.3 Å². The van der Waals surface area contributed by atoms with Crippen molar-refractivity contribution in [1.29, 1.82) is 0 Å². The average molecular weight is 133 g/mol. The number of nitrogens with zero attached hydrogens (tertiary/aromatic N) is 1. The number of hydrogen-bond acceptors (Lipinski definition) is 3. The molecule has 0 amide bonds. The van der Waals surface area contributed by atoms with Crippen LogP contribution in [0, 0.1) is 0 Å². The molecule has 1 N–H and O–H groups in total. The van der Waals surface area contributed by atoms with Crippen molar-refractivity contribution < 1.29 is 5.21 Å². The van der Waals surface area contributed by atoms with E-state index in [4.69, 9.17) is 5.21 Å². The van der Waals surface area contributed by atoms with Gasteiger partial charge in [0.25, 0.3) is 0 Å². The zero-order chi connectivity index (χ0) is 6.24. The van der Waals surface area contributed by atoms with Gasteiger partial charge in [-0.2, -0.15) is 11.8 Å². The third-order valence-electron chi connectivity index (χ3n) is 0.677. The van der Waals surface area contributed by atoms with Crippen LogP contribution in [0.5, 0.6) is 0 Å². The molecule has 0 spiro atoms. The van der Waals surface area contributed by atoms with Crippen molar-refractivity contribution in [3.63, 3.8) is 0 Å². The largest absolute Gasteiger partial charge is 0.411 e. The summed E-state index contributed by atoms with van der Waals surface area (Å²) in [7, 11) is 0. The van der Waals surface area contributed by atoms with E-state index in [0.717, 1.165) is 17.9 Å². The zero-order valence-corrected chi connectivity index (χ0v) is 5.82. The van der Waals surface area contributed by atoms with Gasteiger partial charge >= 0.3 is 0 Å². The summed E-state index contributed by atoms with van der Waals surface area (Å²) in [6, 6.07) is 0. The van der Waals surface area contributed by atoms with Gasteiger partial charge in [0, 0.05) is 6.21 Å². The Morgan fingerprint density at radius 2 is 2.50 bits per heavy atom. The molecule has 0 saturated heterocycles. The van der Waals surface area contributed by atoms with Crippen LogP contribution in [-0.2, 0) is 0 Å². The quantitative estimate of drug-likeness (QED) is 0.273. The van der Waals surface area contributed by atoms with Gasteiger partial charge < -0.3 is 5.21 Å². The van der Waals surface area contributed by atoms with Crippen molar-refractivity contribution in [3.8, 4) is 0 Å². The number of oxime groups is 1. The van der Waals surface area contributed by atoms with E-state index in [2.05, 4.69) is 12.1 Å². The molecule has 0 atom stereocenters. The Kier molecular flexibility index (Phi) is 6.67. The van der Waals surface area contributed by atoms with Crippen molar-refractivity contribution in [2.45, 2.75) is 13.3 Å². The fourth-order valence-corrected chi connectivity index (χ4v) is 0.899. The summed E-state index contributed by atoms with van der Waals surface area (Å²) < 4.78 is 0. The number of thioether (sulfide) groups is 1. The SMILES string of the molecule is CCSCC/C=N/O. The molecule has 8 heavy (non-hydrogen) atoms. The molecule has 0 unspecified atom stereocenters. The molecule has 0 heterocycles. The normalized spacial score (nSPS) is 10.6. The van der Waals surface area contributed by atoms with Gasteiger partial charge in [-0.1, -0.05) is 6.92 Å². The lowest BCUT2D eigenvalue weighted by Crippen LogP contribution is -1.80. The summed E-state index contributed by atoms with van der Waals surface area (Å²) in [6.07, 6.45) is 2.39. The van der Waals surface area contributed by atoms with Gasteiger partial charge in [0.2, 0.25) is 0 Å². The summed E-state index contributed by atoms with van der Waals surface area (Å²) in [6.45, 7) is 2.11. The summed E-state index contributed by atoms with van der Waals surface area (Å²) in [5.74, 6) is 2.19. The molecule has 0 aromatic rings. The maximum Gasteiger partial charge on any atom is 0.0444 e. The van der Waals surface area contributed by atoms with Gasteiger partial charge in [-0.3, -0.25) is 0 Å². The Morgan fingerprint density at radius 1 is 1.75 bits per heavy atom. The molecular weight excluding hydrogens is 122 g/mol. The Bertz CT molecular complexity index is 65.4. The van der Waals surface area contributed by atoms with Gasteiger partial charge in [0.15, 0.2) is 0 Å². The second-order valence-electron chi connectivity index (χ2n) is 1.28. The number of hydrogen-bond donors (Lipinski definition) is 1. The minimum Gasteiger partial charge on any atom is -0.411 e. The molecule has 0 radical (unpaired) electrons. The van der Waals surface area contributed by atoms with E-state index >= 15 is 0 Å². The second kappa shape index (κ2) is 6.82. The van der Waals surface area contributed by atoms with E-state index in [0.29, 0.717) is 0 Å². The summed E-state index contributed by atoms with van der Waals surface area (Å²) >= 11 is 1.85. The first-order chi connectivity index (χ1) is 3.91. The lowest BCUT2D eigenvalue weighted by atomic mass is 10.5. The molecule has 0 bridgehead atoms. The molecule has 48 valence electrons. The standard InChI is InChI=1S/C5H11NOS/c1-2-8-5-3-4-6-7/h4,7H,2-3,5H2,1H3/b6-4+. The minimum atomic E-state index is 0.870. The average Bonchev–Trinajstić information content (AvgIpc) is 1.81. The zero-order valence-electron chi connectivity index (χ0n) is 5.00. The van der Waals surface area contributed by atoms with Gasteiger partial charge in [-0.15, -0.1) is 5.16 Å². The van der Waals surface area contributed by atoms with E-state index in [1.54, 1.807) is 0 Å². The van der Waals surface area contributed by atoms with Crippen molar-refractivity contribution in [2.75, 3.05) is 11.5 Å². The maximum absolute atomic E-state index is 7.93. The monoisotopic (exact) mass is 133 g/mol. The first-order valence-electron chi connectivity index (χ1n) is 2.65. The lowest BCUT2D eigenvalue weighted by Gasteiger charge is -1.88. The number of rotatable bonds is 4. The van der Waals surface area contributed by atoms with Crippen LogP contribution in [0.15, 0.2) is 5.16 Å². The van der Waals surface area contributed by atoms with Crippen molar-refractivity contribution in [1.82, 2.24) is 0 Å². The third-order valence-corrected chi connectivity index (χ3v) is 1.61. The maximum atomic E-state index is 7.93. The van der Waals surface area contributed by atoms with E-state index in [1.165, 1.54) is 6.21 Å². The Labute approximate surface area is 54.0 Å². The fraction of sp³-hybridized carbons (Fsp3) is 0.800. The van der Waals surface area contributed by atoms with Gasteiger partial charge in [-0.25, -0.2) is 0 Å². The predicted octanol–water partition coefficient (Wildman–Crippen LogP) is 1.59. The second-order valence-corrected chi connectivity index (χ2v) is 2.68. The predicted molar refractivity (Wildman–Crippen MR) is 37.9 cm³/mol. The fourth-order valence-electron chi connectivity index (χ4n) is 0.338. The van der Waals surface area contributed by atoms with Crippen LogP contribution in [0.4, 0.5) is 0 Å². The van der Waals surface area contributed by atoms with Gasteiger partial charge in [0.1, 0.15) is 0 Å². The van der Waals surface area contributed by atoms with E-state index < -0.39 is 0 Å². The molecule has 3 heteroatoms. The van der Waals surface area contributed by atoms with Crippen LogP contribution in [0.3, 0.4) is 0 Å². The van der Waals surface area contributed by atoms with E-state index in [-0.39, 0.29) is 0 Å². The molecule has 0 rings (SSSR count). The topological polar surface area (TPSA) is 32.6 Å². The van der Waals surface area contributed by atoms with Crippen LogP contribution >= 0.6 is 11.8 Å². The van der Waals surface area contributed by atoms with Crippen LogP contribution in [-0.4, -0.2) is 22.9 Å². The highest BCUT2D eigenvalue weighted by Crippen LogP contribution is 1.98.